The summed E-state index contributed by atoms with van der Waals surface area (Å²) in [5, 5.41) is 4.30. The standard InChI is InChI=1S/C23H26N2O3/c1-14(2)28-19-6-7-20-18(12-19)8-9-25(23(20)27)13-21(26)24-22-16(4)10-15(3)11-17(22)5/h6-12,14H,13H2,1-5H3,(H,24,26). The zero-order chi connectivity index (χ0) is 20.4. The molecule has 146 valence electrons. The van der Waals surface area contributed by atoms with Crippen LogP contribution >= 0.6 is 0 Å². The molecule has 0 aliphatic rings. The van der Waals surface area contributed by atoms with Crippen LogP contribution in [-0.4, -0.2) is 16.6 Å². The van der Waals surface area contributed by atoms with Gasteiger partial charge in [-0.1, -0.05) is 17.7 Å². The average Bonchev–Trinajstić information content (AvgIpc) is 2.60. The van der Waals surface area contributed by atoms with Gasteiger partial charge in [-0.05, 0) is 75.4 Å². The highest BCUT2D eigenvalue weighted by molar-refractivity contribution is 5.92. The van der Waals surface area contributed by atoms with Crippen LogP contribution in [0, 0.1) is 20.8 Å². The number of nitrogens with zero attached hydrogens (tertiary/aromatic N) is 1. The molecule has 0 bridgehead atoms. The molecular formula is C23H26N2O3. The number of nitrogens with one attached hydrogen (secondary N) is 1. The minimum Gasteiger partial charge on any atom is -0.491 e. The number of ether oxygens (including phenoxy) is 1. The summed E-state index contributed by atoms with van der Waals surface area (Å²) in [6, 6.07) is 11.3. The maximum Gasteiger partial charge on any atom is 0.258 e. The lowest BCUT2D eigenvalue weighted by Gasteiger charge is -2.14. The summed E-state index contributed by atoms with van der Waals surface area (Å²) in [5.74, 6) is 0.499. The van der Waals surface area contributed by atoms with Crippen molar-refractivity contribution in [2.45, 2.75) is 47.3 Å². The number of aromatic nitrogens is 1. The highest BCUT2D eigenvalue weighted by atomic mass is 16.5. The third-order valence-electron chi connectivity index (χ3n) is 4.58. The van der Waals surface area contributed by atoms with Crippen LogP contribution < -0.4 is 15.6 Å². The molecule has 1 heterocycles. The Morgan fingerprint density at radius 1 is 1.07 bits per heavy atom. The number of fused-ring (bicyclic) bond motifs is 1. The molecular weight excluding hydrogens is 352 g/mol. The van der Waals surface area contributed by atoms with Crippen LogP contribution in [0.15, 0.2) is 47.4 Å². The molecule has 0 saturated carbocycles. The second kappa shape index (κ2) is 7.89. The lowest BCUT2D eigenvalue weighted by molar-refractivity contribution is -0.116. The third-order valence-corrected chi connectivity index (χ3v) is 4.58. The Balaban J connectivity index is 1.83. The van der Waals surface area contributed by atoms with E-state index >= 15 is 0 Å². The van der Waals surface area contributed by atoms with E-state index in [1.165, 1.54) is 4.57 Å². The number of rotatable bonds is 5. The molecule has 3 rings (SSSR count). The molecule has 0 radical (unpaired) electrons. The van der Waals surface area contributed by atoms with Crippen LogP contribution in [0.25, 0.3) is 10.8 Å². The quantitative estimate of drug-likeness (QED) is 0.718. The molecule has 1 amide bonds. The monoisotopic (exact) mass is 378 g/mol. The number of aryl methyl sites for hydroxylation is 3. The van der Waals surface area contributed by atoms with Crippen LogP contribution in [0.3, 0.4) is 0 Å². The molecule has 5 nitrogen and oxygen atoms in total. The fourth-order valence-electron chi connectivity index (χ4n) is 3.45. The van der Waals surface area contributed by atoms with Crippen molar-refractivity contribution in [1.82, 2.24) is 4.57 Å². The van der Waals surface area contributed by atoms with Gasteiger partial charge in [-0.15, -0.1) is 0 Å². The average molecular weight is 378 g/mol. The molecule has 0 spiro atoms. The molecule has 0 fully saturated rings. The molecule has 0 unspecified atom stereocenters. The van der Waals surface area contributed by atoms with E-state index < -0.39 is 0 Å². The van der Waals surface area contributed by atoms with Gasteiger partial charge in [-0.25, -0.2) is 0 Å². The van der Waals surface area contributed by atoms with Crippen molar-refractivity contribution < 1.29 is 9.53 Å². The Bertz CT molecular complexity index is 1070. The normalized spacial score (nSPS) is 11.1. The molecule has 28 heavy (non-hydrogen) atoms. The van der Waals surface area contributed by atoms with E-state index in [1.807, 2.05) is 58.9 Å². The molecule has 1 aromatic heterocycles. The van der Waals surface area contributed by atoms with Crippen molar-refractivity contribution in [2.75, 3.05) is 5.32 Å². The first-order valence-electron chi connectivity index (χ1n) is 9.42. The number of benzene rings is 2. The van der Waals surface area contributed by atoms with E-state index in [2.05, 4.69) is 5.32 Å². The number of hydrogen-bond acceptors (Lipinski definition) is 3. The highest BCUT2D eigenvalue weighted by Gasteiger charge is 2.11. The van der Waals surface area contributed by atoms with Crippen molar-refractivity contribution in [3.05, 3.63) is 69.6 Å². The maximum absolute atomic E-state index is 12.8. The largest absolute Gasteiger partial charge is 0.491 e. The Hall–Kier alpha value is -3.08. The van der Waals surface area contributed by atoms with E-state index in [9.17, 15) is 9.59 Å². The lowest BCUT2D eigenvalue weighted by Crippen LogP contribution is -2.27. The van der Waals surface area contributed by atoms with Gasteiger partial charge in [0.25, 0.3) is 5.56 Å². The van der Waals surface area contributed by atoms with E-state index in [0.29, 0.717) is 5.39 Å². The molecule has 1 N–H and O–H groups in total. The third kappa shape index (κ3) is 4.25. The molecule has 5 heteroatoms. The zero-order valence-corrected chi connectivity index (χ0v) is 17.0. The number of carbonyl (C=O) groups is 1. The van der Waals surface area contributed by atoms with Crippen LogP contribution in [0.2, 0.25) is 0 Å². The first-order chi connectivity index (χ1) is 13.2. The SMILES string of the molecule is Cc1cc(C)c(NC(=O)Cn2ccc3cc(OC(C)C)ccc3c2=O)c(C)c1. The Kier molecular flexibility index (Phi) is 5.54. The van der Waals surface area contributed by atoms with Gasteiger partial charge in [0.05, 0.1) is 6.10 Å². The highest BCUT2D eigenvalue weighted by Crippen LogP contribution is 2.22. The maximum atomic E-state index is 12.8. The number of amides is 1. The second-order valence-electron chi connectivity index (χ2n) is 7.49. The Morgan fingerprint density at radius 3 is 2.39 bits per heavy atom. The van der Waals surface area contributed by atoms with E-state index in [-0.39, 0.29) is 24.1 Å². The topological polar surface area (TPSA) is 60.3 Å². The predicted molar refractivity (Wildman–Crippen MR) is 113 cm³/mol. The van der Waals surface area contributed by atoms with Gasteiger partial charge in [0.2, 0.25) is 5.91 Å². The summed E-state index contributed by atoms with van der Waals surface area (Å²) in [6.07, 6.45) is 1.72. The van der Waals surface area contributed by atoms with Crippen molar-refractivity contribution >= 4 is 22.4 Å². The Morgan fingerprint density at radius 2 is 1.75 bits per heavy atom. The first kappa shape index (κ1) is 19.7. The second-order valence-corrected chi connectivity index (χ2v) is 7.49. The van der Waals surface area contributed by atoms with Gasteiger partial charge < -0.3 is 14.6 Å². The van der Waals surface area contributed by atoms with Gasteiger partial charge in [0, 0.05) is 17.3 Å². The van der Waals surface area contributed by atoms with Crippen LogP contribution in [-0.2, 0) is 11.3 Å². The number of pyridine rings is 1. The molecule has 0 saturated heterocycles. The summed E-state index contributed by atoms with van der Waals surface area (Å²) in [7, 11) is 0. The van der Waals surface area contributed by atoms with Gasteiger partial charge in [-0.3, -0.25) is 9.59 Å². The minimum atomic E-state index is -0.226. The summed E-state index contributed by atoms with van der Waals surface area (Å²) >= 11 is 0. The summed E-state index contributed by atoms with van der Waals surface area (Å²) < 4.78 is 7.11. The van der Waals surface area contributed by atoms with Crippen LogP contribution in [0.1, 0.15) is 30.5 Å². The predicted octanol–water partition coefficient (Wildman–Crippen LogP) is 4.35. The molecule has 0 aliphatic heterocycles. The van der Waals surface area contributed by atoms with E-state index in [1.54, 1.807) is 18.3 Å². The zero-order valence-electron chi connectivity index (χ0n) is 17.0. The van der Waals surface area contributed by atoms with E-state index in [0.717, 1.165) is 33.5 Å². The summed E-state index contributed by atoms with van der Waals surface area (Å²) in [5.41, 5.74) is 3.78. The summed E-state index contributed by atoms with van der Waals surface area (Å²) in [6.45, 7) is 9.84. The number of hydrogen-bond donors (Lipinski definition) is 1. The van der Waals surface area contributed by atoms with E-state index in [4.69, 9.17) is 4.74 Å². The van der Waals surface area contributed by atoms with Crippen molar-refractivity contribution in [2.24, 2.45) is 0 Å². The Labute approximate surface area is 165 Å². The summed E-state index contributed by atoms with van der Waals surface area (Å²) in [4.78, 5) is 25.3. The van der Waals surface area contributed by atoms with Crippen LogP contribution in [0.4, 0.5) is 5.69 Å². The minimum absolute atomic E-state index is 0.0359. The van der Waals surface area contributed by atoms with Gasteiger partial charge >= 0.3 is 0 Å². The van der Waals surface area contributed by atoms with Crippen LogP contribution in [0.5, 0.6) is 5.75 Å². The molecule has 0 aliphatic carbocycles. The number of anilines is 1. The fraction of sp³-hybridized carbons (Fsp3) is 0.304. The van der Waals surface area contributed by atoms with Gasteiger partial charge in [0.1, 0.15) is 12.3 Å². The fourth-order valence-corrected chi connectivity index (χ4v) is 3.45. The van der Waals surface area contributed by atoms with Gasteiger partial charge in [-0.2, -0.15) is 0 Å². The molecule has 2 aromatic carbocycles. The molecule has 3 aromatic rings. The van der Waals surface area contributed by atoms with Crippen molar-refractivity contribution in [1.29, 1.82) is 0 Å². The number of carbonyl (C=O) groups excluding carboxylic acids is 1. The first-order valence-corrected chi connectivity index (χ1v) is 9.42. The molecule has 0 atom stereocenters. The van der Waals surface area contributed by atoms with Crippen molar-refractivity contribution in [3.63, 3.8) is 0 Å². The van der Waals surface area contributed by atoms with Gasteiger partial charge in [0.15, 0.2) is 0 Å². The van der Waals surface area contributed by atoms with Crippen molar-refractivity contribution in [3.8, 4) is 5.75 Å². The smallest absolute Gasteiger partial charge is 0.258 e. The lowest BCUT2D eigenvalue weighted by atomic mass is 10.1.